The number of imidazole rings is 1. The molecule has 2 aliphatic heterocycles. The molecule has 1 aromatic heterocycles. The van der Waals surface area contributed by atoms with Gasteiger partial charge in [0.15, 0.2) is 5.82 Å². The predicted octanol–water partition coefficient (Wildman–Crippen LogP) is 4.04. The molecule has 2 amide bonds. The first-order valence-corrected chi connectivity index (χ1v) is 14.2. The molecule has 2 aromatic rings. The van der Waals surface area contributed by atoms with Gasteiger partial charge in [0.2, 0.25) is 5.91 Å². The molecule has 0 aliphatic carbocycles. The number of piperidine rings is 2. The van der Waals surface area contributed by atoms with Crippen LogP contribution in [-0.4, -0.2) is 89.6 Å². The minimum atomic E-state index is -2.70. The Labute approximate surface area is 230 Å². The van der Waals surface area contributed by atoms with Gasteiger partial charge < -0.3 is 24.4 Å². The molecule has 39 heavy (non-hydrogen) atoms. The van der Waals surface area contributed by atoms with Crippen LogP contribution in [0.15, 0.2) is 24.3 Å². The normalized spacial score (nSPS) is 22.3. The average molecular weight is 548 g/mol. The highest BCUT2D eigenvalue weighted by Crippen LogP contribution is 2.30. The summed E-state index contributed by atoms with van der Waals surface area (Å²) in [4.78, 5) is 35.7. The number of hydrogen-bond donors (Lipinski definition) is 1. The first kappa shape index (κ1) is 29.4. The summed E-state index contributed by atoms with van der Waals surface area (Å²) in [6.45, 7) is 9.33. The van der Waals surface area contributed by atoms with Crippen LogP contribution in [0.1, 0.15) is 57.1 Å². The van der Waals surface area contributed by atoms with Crippen LogP contribution in [0.2, 0.25) is 0 Å². The Morgan fingerprint density at radius 2 is 1.90 bits per heavy atom. The van der Waals surface area contributed by atoms with Gasteiger partial charge in [0.1, 0.15) is 0 Å². The molecule has 2 saturated heterocycles. The number of benzene rings is 1. The number of nitrogens with zero attached hydrogens (tertiary/aromatic N) is 4. The maximum absolute atomic E-state index is 14.2. The molecule has 4 rings (SSSR count). The van der Waals surface area contributed by atoms with Gasteiger partial charge in [-0.1, -0.05) is 32.9 Å². The summed E-state index contributed by atoms with van der Waals surface area (Å²) in [7, 11) is 1.69. The lowest BCUT2D eigenvalue weighted by Crippen LogP contribution is -2.56. The highest BCUT2D eigenvalue weighted by molar-refractivity contribution is 5.95. The molecule has 1 N–H and O–H groups in total. The van der Waals surface area contributed by atoms with Crippen LogP contribution in [0.3, 0.4) is 0 Å². The Morgan fingerprint density at radius 3 is 2.59 bits per heavy atom. The number of carbonyl (C=O) groups excluding carboxylic acids is 2. The summed E-state index contributed by atoms with van der Waals surface area (Å²) in [5.41, 5.74) is 1.70. The van der Waals surface area contributed by atoms with Crippen LogP contribution >= 0.6 is 0 Å². The summed E-state index contributed by atoms with van der Waals surface area (Å²) >= 11 is 0. The van der Waals surface area contributed by atoms with Crippen molar-refractivity contribution in [3.63, 3.8) is 0 Å². The second-order valence-electron chi connectivity index (χ2n) is 11.7. The van der Waals surface area contributed by atoms with Crippen molar-refractivity contribution >= 4 is 22.8 Å². The second-order valence-corrected chi connectivity index (χ2v) is 11.7. The van der Waals surface area contributed by atoms with E-state index in [1.165, 1.54) is 0 Å². The third-order valence-corrected chi connectivity index (χ3v) is 7.90. The molecule has 0 bridgehead atoms. The Balaban J connectivity index is 1.57. The number of halogens is 2. The van der Waals surface area contributed by atoms with Crippen LogP contribution in [-0.2, 0) is 16.1 Å². The fourth-order valence-corrected chi connectivity index (χ4v) is 5.72. The number of nitrogens with one attached hydrogen (secondary N) is 1. The zero-order valence-corrected chi connectivity index (χ0v) is 23.7. The van der Waals surface area contributed by atoms with Crippen molar-refractivity contribution in [2.45, 2.75) is 65.0 Å². The topological polar surface area (TPSA) is 79.7 Å². The number of hydrogen-bond acceptors (Lipinski definition) is 5. The molecule has 2 aliphatic rings. The maximum atomic E-state index is 14.2. The van der Waals surface area contributed by atoms with Gasteiger partial charge in [-0.25, -0.2) is 13.8 Å². The van der Waals surface area contributed by atoms with Gasteiger partial charge in [0.05, 0.1) is 17.0 Å². The Hall–Kier alpha value is -2.59. The van der Waals surface area contributed by atoms with Gasteiger partial charge in [-0.2, -0.15) is 0 Å². The standard InChI is InChI=1S/C29H43F2N5O3/c1-20(2)18-35(23-15-22(16-32-17-23)27(37)34-12-10-29(30,31)11-13-34)28(38)26-33-24-7-5-6-8-25(24)36(26)19-21(3)9-14-39-4/h5-8,20-23,32H,9-19H2,1-4H3. The van der Waals surface area contributed by atoms with Crippen molar-refractivity contribution in [2.24, 2.45) is 17.8 Å². The number of alkyl halides is 2. The van der Waals surface area contributed by atoms with Crippen molar-refractivity contribution in [3.8, 4) is 0 Å². The predicted molar refractivity (Wildman–Crippen MR) is 147 cm³/mol. The molecular weight excluding hydrogens is 504 g/mol. The van der Waals surface area contributed by atoms with Crippen molar-refractivity contribution in [1.29, 1.82) is 0 Å². The molecule has 3 unspecified atom stereocenters. The molecule has 3 heterocycles. The van der Waals surface area contributed by atoms with E-state index in [0.717, 1.165) is 17.5 Å². The maximum Gasteiger partial charge on any atom is 0.290 e. The van der Waals surface area contributed by atoms with E-state index in [2.05, 4.69) is 26.1 Å². The molecule has 1 aromatic carbocycles. The SMILES string of the molecule is COCCC(C)Cn1c(C(=O)N(CC(C)C)C2CNCC(C(=O)N3CCC(F)(F)CC3)C2)nc2ccccc21. The monoisotopic (exact) mass is 547 g/mol. The lowest BCUT2D eigenvalue weighted by atomic mass is 9.91. The van der Waals surface area contributed by atoms with Gasteiger partial charge in [-0.15, -0.1) is 0 Å². The first-order chi connectivity index (χ1) is 18.6. The van der Waals surface area contributed by atoms with Gasteiger partial charge in [0, 0.05) is 71.9 Å². The van der Waals surface area contributed by atoms with E-state index >= 15 is 0 Å². The van der Waals surface area contributed by atoms with Crippen molar-refractivity contribution < 1.29 is 23.1 Å². The fraction of sp³-hybridized carbons (Fsp3) is 0.690. The Bertz CT molecular complexity index is 1130. The van der Waals surface area contributed by atoms with E-state index in [4.69, 9.17) is 9.72 Å². The van der Waals surface area contributed by atoms with E-state index in [1.807, 2.05) is 33.7 Å². The molecule has 3 atom stereocenters. The molecule has 0 saturated carbocycles. The third kappa shape index (κ3) is 7.14. The number of amides is 2. The van der Waals surface area contributed by atoms with Crippen molar-refractivity contribution in [3.05, 3.63) is 30.1 Å². The number of likely N-dealkylation sites (tertiary alicyclic amines) is 1. The summed E-state index contributed by atoms with van der Waals surface area (Å²) < 4.78 is 34.6. The van der Waals surface area contributed by atoms with Crippen molar-refractivity contribution in [2.75, 3.05) is 46.4 Å². The number of carbonyl (C=O) groups is 2. The van der Waals surface area contributed by atoms with E-state index in [-0.39, 0.29) is 61.5 Å². The van der Waals surface area contributed by atoms with Crippen LogP contribution in [0.4, 0.5) is 8.78 Å². The molecule has 0 spiro atoms. The highest BCUT2D eigenvalue weighted by Gasteiger charge is 2.40. The summed E-state index contributed by atoms with van der Waals surface area (Å²) in [5.74, 6) is -2.39. The fourth-order valence-electron chi connectivity index (χ4n) is 5.72. The van der Waals surface area contributed by atoms with Gasteiger partial charge in [0.25, 0.3) is 11.8 Å². The van der Waals surface area contributed by atoms with E-state index < -0.39 is 5.92 Å². The number of fused-ring (bicyclic) bond motifs is 1. The summed E-state index contributed by atoms with van der Waals surface area (Å²) in [6, 6.07) is 7.60. The smallest absolute Gasteiger partial charge is 0.290 e. The highest BCUT2D eigenvalue weighted by atomic mass is 19.3. The molecule has 8 nitrogen and oxygen atoms in total. The van der Waals surface area contributed by atoms with Crippen LogP contribution in [0.25, 0.3) is 11.0 Å². The number of aromatic nitrogens is 2. The number of ether oxygens (including phenoxy) is 1. The molecule has 216 valence electrons. The number of rotatable bonds is 10. The zero-order valence-electron chi connectivity index (χ0n) is 23.7. The summed E-state index contributed by atoms with van der Waals surface area (Å²) in [6.07, 6.45) is 0.783. The molecule has 2 fully saturated rings. The zero-order chi connectivity index (χ0) is 28.2. The van der Waals surface area contributed by atoms with Crippen LogP contribution in [0, 0.1) is 17.8 Å². The lowest BCUT2D eigenvalue weighted by molar-refractivity contribution is -0.142. The molecule has 0 radical (unpaired) electrons. The van der Waals surface area contributed by atoms with Gasteiger partial charge in [-0.3, -0.25) is 9.59 Å². The Kier molecular flexibility index (Phi) is 9.59. The van der Waals surface area contributed by atoms with Crippen molar-refractivity contribution in [1.82, 2.24) is 24.7 Å². The van der Waals surface area contributed by atoms with Crippen LogP contribution < -0.4 is 5.32 Å². The van der Waals surface area contributed by atoms with E-state index in [1.54, 1.807) is 12.0 Å². The lowest BCUT2D eigenvalue weighted by Gasteiger charge is -2.40. The number of para-hydroxylation sites is 2. The molecular formula is C29H43F2N5O3. The molecule has 10 heteroatoms. The average Bonchev–Trinajstić information content (AvgIpc) is 3.28. The van der Waals surface area contributed by atoms with Gasteiger partial charge >= 0.3 is 0 Å². The first-order valence-electron chi connectivity index (χ1n) is 14.2. The van der Waals surface area contributed by atoms with E-state index in [0.29, 0.717) is 45.0 Å². The summed E-state index contributed by atoms with van der Waals surface area (Å²) in [5, 5.41) is 3.35. The minimum absolute atomic E-state index is 0.0763. The minimum Gasteiger partial charge on any atom is -0.385 e. The van der Waals surface area contributed by atoms with Gasteiger partial charge in [-0.05, 0) is 36.8 Å². The van der Waals surface area contributed by atoms with E-state index in [9.17, 15) is 18.4 Å². The number of methoxy groups -OCH3 is 1. The quantitative estimate of drug-likeness (QED) is 0.486. The Morgan fingerprint density at radius 1 is 1.18 bits per heavy atom. The second kappa shape index (κ2) is 12.7. The third-order valence-electron chi connectivity index (χ3n) is 7.90. The van der Waals surface area contributed by atoms with Crippen LogP contribution in [0.5, 0.6) is 0 Å². The largest absolute Gasteiger partial charge is 0.385 e.